The second-order valence-electron chi connectivity index (χ2n) is 12.0. The van der Waals surface area contributed by atoms with Crippen LogP contribution in [0.4, 0.5) is 0 Å². The van der Waals surface area contributed by atoms with Gasteiger partial charge in [-0.3, -0.25) is 4.79 Å². The summed E-state index contributed by atoms with van der Waals surface area (Å²) in [5, 5.41) is 0. The fraction of sp³-hybridized carbons (Fsp3) is 0.857. The molecule has 3 fully saturated rings. The summed E-state index contributed by atoms with van der Waals surface area (Å²) >= 11 is 0. The summed E-state index contributed by atoms with van der Waals surface area (Å²) in [4.78, 5) is 22.8. The molecule has 174 valence electrons. The molecule has 0 N–H and O–H groups in total. The lowest BCUT2D eigenvalue weighted by Gasteiger charge is -2.58. The predicted molar refractivity (Wildman–Crippen MR) is 124 cm³/mol. The first-order chi connectivity index (χ1) is 14.6. The van der Waals surface area contributed by atoms with Crippen molar-refractivity contribution < 1.29 is 14.3 Å². The maximum Gasteiger partial charge on any atom is 0.302 e. The molecule has 0 spiro atoms. The summed E-state index contributed by atoms with van der Waals surface area (Å²) < 4.78 is 5.59. The Bertz CT molecular complexity index is 739. The van der Waals surface area contributed by atoms with Crippen LogP contribution in [0.2, 0.25) is 0 Å². The van der Waals surface area contributed by atoms with E-state index in [1.54, 1.807) is 19.4 Å². The van der Waals surface area contributed by atoms with E-state index in [1.807, 2.05) is 0 Å². The van der Waals surface area contributed by atoms with Crippen molar-refractivity contribution in [3.05, 3.63) is 11.6 Å². The van der Waals surface area contributed by atoms with Gasteiger partial charge < -0.3 is 9.53 Å². The van der Waals surface area contributed by atoms with Crippen LogP contribution in [0, 0.1) is 40.4 Å². The Morgan fingerprint density at radius 1 is 1.10 bits per heavy atom. The molecule has 8 atom stereocenters. The highest BCUT2D eigenvalue weighted by Gasteiger charge is 2.59. The number of fused-ring (bicyclic) bond motifs is 5. The average molecular weight is 429 g/mol. The highest BCUT2D eigenvalue weighted by Crippen LogP contribution is 2.67. The van der Waals surface area contributed by atoms with Crippen LogP contribution in [0.25, 0.3) is 0 Å². The lowest BCUT2D eigenvalue weighted by Crippen LogP contribution is -2.51. The largest absolute Gasteiger partial charge is 0.462 e. The summed E-state index contributed by atoms with van der Waals surface area (Å²) in [6.07, 6.45) is 15.6. The minimum Gasteiger partial charge on any atom is -0.462 e. The Kier molecular flexibility index (Phi) is 6.45. The van der Waals surface area contributed by atoms with Gasteiger partial charge in [-0.25, -0.2) is 0 Å². The van der Waals surface area contributed by atoms with E-state index in [0.717, 1.165) is 55.3 Å². The van der Waals surface area contributed by atoms with Gasteiger partial charge in [0.1, 0.15) is 11.9 Å². The average Bonchev–Trinajstić information content (AvgIpc) is 3.05. The van der Waals surface area contributed by atoms with E-state index in [2.05, 4.69) is 26.8 Å². The molecule has 3 heteroatoms. The van der Waals surface area contributed by atoms with Crippen molar-refractivity contribution in [1.29, 1.82) is 0 Å². The lowest BCUT2D eigenvalue weighted by molar-refractivity contribution is -0.148. The Balaban J connectivity index is 1.47. The van der Waals surface area contributed by atoms with Crippen LogP contribution in [0.15, 0.2) is 11.6 Å². The smallest absolute Gasteiger partial charge is 0.302 e. The van der Waals surface area contributed by atoms with Crippen molar-refractivity contribution in [2.24, 2.45) is 40.4 Å². The molecular weight excluding hydrogens is 384 g/mol. The number of hydrogen-bond donors (Lipinski definition) is 0. The number of Topliss-reactive ketones (excluding diaryl/α,β-unsaturated/α-hetero) is 1. The molecule has 0 aromatic rings. The van der Waals surface area contributed by atoms with Gasteiger partial charge in [-0.1, -0.05) is 38.8 Å². The molecule has 0 heterocycles. The molecular formula is C28H44O3. The van der Waals surface area contributed by atoms with Gasteiger partial charge in [0.2, 0.25) is 0 Å². The number of rotatable bonds is 6. The number of carbonyl (C=O) groups excluding carboxylic acids is 2. The molecule has 3 saturated carbocycles. The molecule has 0 aliphatic heterocycles. The van der Waals surface area contributed by atoms with Crippen LogP contribution in [-0.2, 0) is 14.3 Å². The van der Waals surface area contributed by atoms with Crippen molar-refractivity contribution >= 4 is 11.8 Å². The van der Waals surface area contributed by atoms with E-state index in [0.29, 0.717) is 16.6 Å². The topological polar surface area (TPSA) is 43.4 Å². The minimum atomic E-state index is -0.134. The molecule has 0 bridgehead atoms. The van der Waals surface area contributed by atoms with Crippen molar-refractivity contribution in [3.63, 3.8) is 0 Å². The fourth-order valence-corrected chi connectivity index (χ4v) is 8.81. The molecule has 0 amide bonds. The second kappa shape index (κ2) is 8.67. The third-order valence-electron chi connectivity index (χ3n) is 10.3. The van der Waals surface area contributed by atoms with Gasteiger partial charge in [-0.2, -0.15) is 0 Å². The van der Waals surface area contributed by atoms with Gasteiger partial charge >= 0.3 is 5.97 Å². The van der Waals surface area contributed by atoms with Gasteiger partial charge in [0.05, 0.1) is 0 Å². The van der Waals surface area contributed by atoms with Crippen molar-refractivity contribution in [2.75, 3.05) is 0 Å². The molecule has 4 aliphatic carbocycles. The van der Waals surface area contributed by atoms with E-state index in [1.165, 1.54) is 44.9 Å². The van der Waals surface area contributed by atoms with Gasteiger partial charge in [-0.15, -0.1) is 0 Å². The first kappa shape index (κ1) is 23.1. The molecule has 3 nitrogen and oxygen atoms in total. The standard InChI is InChI=1S/C28H44O3/c1-18(7-6-8-19(2)29)24-11-12-25-23-10-9-21-17-22(31-20(3)30)13-15-27(21,4)26(23)14-16-28(24,25)5/h9,18,22-26H,6-8,10-17H2,1-5H3/t18-,22-,23-,24+,25-,26-,27-,28+/m0/s1. The fourth-order valence-electron chi connectivity index (χ4n) is 8.81. The quantitative estimate of drug-likeness (QED) is 0.342. The highest BCUT2D eigenvalue weighted by atomic mass is 16.5. The number of hydrogen-bond acceptors (Lipinski definition) is 3. The summed E-state index contributed by atoms with van der Waals surface area (Å²) in [6.45, 7) is 10.9. The van der Waals surface area contributed by atoms with Crippen LogP contribution in [-0.4, -0.2) is 17.9 Å². The maximum absolute atomic E-state index is 11.5. The summed E-state index contributed by atoms with van der Waals surface area (Å²) in [6, 6.07) is 0. The second-order valence-corrected chi connectivity index (χ2v) is 12.0. The first-order valence-corrected chi connectivity index (χ1v) is 13.0. The molecule has 0 aromatic carbocycles. The van der Waals surface area contributed by atoms with Crippen LogP contribution >= 0.6 is 0 Å². The Labute approximate surface area is 189 Å². The van der Waals surface area contributed by atoms with Crippen LogP contribution in [0.3, 0.4) is 0 Å². The molecule has 0 unspecified atom stereocenters. The first-order valence-electron chi connectivity index (χ1n) is 13.0. The minimum absolute atomic E-state index is 0.0916. The molecule has 4 rings (SSSR count). The van der Waals surface area contributed by atoms with Gasteiger partial charge in [-0.05, 0) is 98.7 Å². The molecule has 0 aromatic heterocycles. The number of ether oxygens (including phenoxy) is 1. The van der Waals surface area contributed by atoms with E-state index >= 15 is 0 Å². The third kappa shape index (κ3) is 4.15. The Morgan fingerprint density at radius 2 is 1.87 bits per heavy atom. The molecule has 0 radical (unpaired) electrons. The van der Waals surface area contributed by atoms with Crippen molar-refractivity contribution in [3.8, 4) is 0 Å². The molecule has 4 aliphatic rings. The van der Waals surface area contributed by atoms with Crippen molar-refractivity contribution in [1.82, 2.24) is 0 Å². The zero-order valence-corrected chi connectivity index (χ0v) is 20.5. The van der Waals surface area contributed by atoms with Crippen LogP contribution < -0.4 is 0 Å². The SMILES string of the molecule is CC(=O)CCC[C@H](C)[C@H]1CC[C@H]2[C@@H]3CC=C4C[C@@H](OC(C)=O)CC[C@]4(C)[C@H]3CC[C@]12C. The normalized spacial score (nSPS) is 42.6. The summed E-state index contributed by atoms with van der Waals surface area (Å²) in [5.74, 6) is 4.24. The van der Waals surface area contributed by atoms with Crippen molar-refractivity contribution in [2.45, 2.75) is 111 Å². The van der Waals surface area contributed by atoms with Gasteiger partial charge in [0.15, 0.2) is 0 Å². The number of allylic oxidation sites excluding steroid dienone is 1. The maximum atomic E-state index is 11.5. The zero-order chi connectivity index (χ0) is 22.4. The van der Waals surface area contributed by atoms with Crippen LogP contribution in [0.1, 0.15) is 105 Å². The van der Waals surface area contributed by atoms with E-state index in [-0.39, 0.29) is 12.1 Å². The predicted octanol–water partition coefficient (Wildman–Crippen LogP) is 6.89. The van der Waals surface area contributed by atoms with Crippen LogP contribution in [0.5, 0.6) is 0 Å². The molecule has 31 heavy (non-hydrogen) atoms. The number of ketones is 1. The Morgan fingerprint density at radius 3 is 2.58 bits per heavy atom. The molecule has 0 saturated heterocycles. The summed E-state index contributed by atoms with van der Waals surface area (Å²) in [7, 11) is 0. The zero-order valence-electron chi connectivity index (χ0n) is 20.5. The lowest BCUT2D eigenvalue weighted by atomic mass is 9.47. The monoisotopic (exact) mass is 428 g/mol. The van der Waals surface area contributed by atoms with Gasteiger partial charge in [0, 0.05) is 19.8 Å². The highest BCUT2D eigenvalue weighted by molar-refractivity contribution is 5.75. The number of esters is 1. The Hall–Kier alpha value is -1.12. The van der Waals surface area contributed by atoms with Gasteiger partial charge in [0.25, 0.3) is 0 Å². The third-order valence-corrected chi connectivity index (χ3v) is 10.3. The van der Waals surface area contributed by atoms with E-state index in [9.17, 15) is 9.59 Å². The number of carbonyl (C=O) groups is 2. The summed E-state index contributed by atoms with van der Waals surface area (Å²) in [5.41, 5.74) is 2.38. The van der Waals surface area contributed by atoms with E-state index < -0.39 is 0 Å². The van der Waals surface area contributed by atoms with E-state index in [4.69, 9.17) is 4.74 Å².